The molecule has 1 saturated carbocycles. The molecule has 9 heteroatoms. The molecule has 0 aromatic rings. The monoisotopic (exact) mass is 323 g/mol. The Hall–Kier alpha value is -1.80. The molecule has 1 amide bonds. The van der Waals surface area contributed by atoms with Crippen LogP contribution in [0.15, 0.2) is 0 Å². The van der Waals surface area contributed by atoms with Gasteiger partial charge < -0.3 is 14.7 Å². The third-order valence-corrected chi connectivity index (χ3v) is 4.17. The van der Waals surface area contributed by atoms with Gasteiger partial charge in [0.2, 0.25) is 5.91 Å². The quantitative estimate of drug-likeness (QED) is 0.617. The molecule has 2 atom stereocenters. The number of likely N-dealkylation sites (tertiary alicyclic amines) is 1. The van der Waals surface area contributed by atoms with Crippen molar-refractivity contribution in [1.29, 1.82) is 0 Å². The molecule has 1 aliphatic carbocycles. The van der Waals surface area contributed by atoms with Crippen LogP contribution in [0.25, 0.3) is 0 Å². The van der Waals surface area contributed by atoms with E-state index in [0.29, 0.717) is 0 Å². The normalized spacial score (nSPS) is 26.6. The lowest BCUT2D eigenvalue weighted by Crippen LogP contribution is -2.41. The fourth-order valence-corrected chi connectivity index (χ4v) is 2.75. The van der Waals surface area contributed by atoms with Crippen molar-refractivity contribution in [3.05, 3.63) is 0 Å². The van der Waals surface area contributed by atoms with Crippen LogP contribution in [0.1, 0.15) is 19.8 Å². The van der Waals surface area contributed by atoms with Crippen LogP contribution >= 0.6 is 0 Å². The van der Waals surface area contributed by atoms with Gasteiger partial charge in [-0.05, 0) is 19.8 Å². The van der Waals surface area contributed by atoms with Gasteiger partial charge in [-0.25, -0.2) is 0 Å². The second-order valence-corrected chi connectivity index (χ2v) is 5.61. The molecule has 1 aliphatic heterocycles. The average molecular weight is 323 g/mol. The van der Waals surface area contributed by atoms with E-state index in [0.717, 1.165) is 4.90 Å². The Morgan fingerprint density at radius 1 is 1.27 bits per heavy atom. The van der Waals surface area contributed by atoms with Gasteiger partial charge in [0.25, 0.3) is 0 Å². The predicted octanol–water partition coefficient (Wildman–Crippen LogP) is 1.05. The lowest BCUT2D eigenvalue weighted by Gasteiger charge is -2.22. The van der Waals surface area contributed by atoms with E-state index in [4.69, 9.17) is 9.84 Å². The summed E-state index contributed by atoms with van der Waals surface area (Å²) in [5, 5.41) is 8.93. The Labute approximate surface area is 124 Å². The largest absolute Gasteiger partial charge is 0.481 e. The third kappa shape index (κ3) is 2.76. The molecule has 124 valence electrons. The van der Waals surface area contributed by atoms with Crippen LogP contribution in [-0.4, -0.2) is 53.7 Å². The van der Waals surface area contributed by atoms with Gasteiger partial charge in [0.15, 0.2) is 0 Å². The summed E-state index contributed by atoms with van der Waals surface area (Å²) in [6, 6.07) is 0. The Kier molecular flexibility index (Phi) is 4.09. The molecule has 22 heavy (non-hydrogen) atoms. The highest BCUT2D eigenvalue weighted by molar-refractivity contribution is 6.05. The summed E-state index contributed by atoms with van der Waals surface area (Å²) in [6.07, 6.45) is -4.27. The molecule has 0 spiro atoms. The lowest BCUT2D eigenvalue weighted by atomic mass is 9.96. The number of carboxylic acids is 1. The number of carbonyl (C=O) groups excluding carboxylic acids is 2. The first-order valence-corrected chi connectivity index (χ1v) is 6.89. The van der Waals surface area contributed by atoms with Crippen LogP contribution in [-0.2, 0) is 19.1 Å². The zero-order valence-corrected chi connectivity index (χ0v) is 11.9. The lowest BCUT2D eigenvalue weighted by molar-refractivity contribution is -0.188. The van der Waals surface area contributed by atoms with Crippen molar-refractivity contribution in [2.75, 3.05) is 19.7 Å². The van der Waals surface area contributed by atoms with Crippen LogP contribution in [0.5, 0.6) is 0 Å². The number of carboxylic acid groups (broad SMARTS) is 1. The molecule has 1 saturated heterocycles. The molecule has 0 aromatic carbocycles. The highest BCUT2D eigenvalue weighted by Gasteiger charge is 2.62. The second-order valence-electron chi connectivity index (χ2n) is 5.61. The summed E-state index contributed by atoms with van der Waals surface area (Å²) in [6.45, 7) is 0.352. The number of hydrogen-bond donors (Lipinski definition) is 1. The summed E-state index contributed by atoms with van der Waals surface area (Å²) in [7, 11) is 0. The van der Waals surface area contributed by atoms with E-state index in [9.17, 15) is 27.6 Å². The molecule has 0 aromatic heterocycles. The molecule has 2 rings (SSSR count). The van der Waals surface area contributed by atoms with E-state index in [2.05, 4.69) is 0 Å². The molecule has 1 heterocycles. The number of nitrogens with zero attached hydrogens (tertiary/aromatic N) is 1. The first kappa shape index (κ1) is 16.6. The van der Waals surface area contributed by atoms with Crippen LogP contribution in [0.2, 0.25) is 0 Å². The molecule has 0 unspecified atom stereocenters. The van der Waals surface area contributed by atoms with E-state index >= 15 is 0 Å². The molecular weight excluding hydrogens is 307 g/mol. The van der Waals surface area contributed by atoms with E-state index in [-0.39, 0.29) is 19.4 Å². The first-order valence-electron chi connectivity index (χ1n) is 6.89. The van der Waals surface area contributed by atoms with Gasteiger partial charge in [-0.1, -0.05) is 0 Å². The van der Waals surface area contributed by atoms with E-state index in [1.165, 1.54) is 0 Å². The van der Waals surface area contributed by atoms with E-state index in [1.807, 2.05) is 0 Å². The minimum atomic E-state index is -4.71. The first-order chi connectivity index (χ1) is 10.1. The number of aliphatic carboxylic acids is 1. The standard InChI is InChI=1S/C13H16F3NO5/c1-2-22-11(21)12(3-4-12)10(20)17-5-7(9(18)19)8(6-17)13(14,15)16/h7-8H,2-6H2,1H3,(H,18,19)/t7-,8-/m1/s1. The number of rotatable bonds is 4. The van der Waals surface area contributed by atoms with Crippen molar-refractivity contribution in [2.24, 2.45) is 17.3 Å². The Bertz CT molecular complexity index is 500. The van der Waals surface area contributed by atoms with Crippen LogP contribution in [0.3, 0.4) is 0 Å². The number of ether oxygens (including phenoxy) is 1. The third-order valence-electron chi connectivity index (χ3n) is 4.17. The van der Waals surface area contributed by atoms with Gasteiger partial charge in [0, 0.05) is 13.1 Å². The SMILES string of the molecule is CCOC(=O)C1(C(=O)N2C[C@@H](C(F)(F)F)[C@H](C(=O)O)C2)CC1. The minimum Gasteiger partial charge on any atom is -0.481 e. The number of carbonyl (C=O) groups is 3. The van der Waals surface area contributed by atoms with E-state index in [1.54, 1.807) is 6.92 Å². The van der Waals surface area contributed by atoms with Crippen molar-refractivity contribution in [2.45, 2.75) is 25.9 Å². The van der Waals surface area contributed by atoms with Crippen molar-refractivity contribution in [1.82, 2.24) is 4.90 Å². The van der Waals surface area contributed by atoms with Gasteiger partial charge >= 0.3 is 18.1 Å². The highest BCUT2D eigenvalue weighted by atomic mass is 19.4. The van der Waals surface area contributed by atoms with Crippen molar-refractivity contribution in [3.8, 4) is 0 Å². The molecule has 1 N–H and O–H groups in total. The molecule has 6 nitrogen and oxygen atoms in total. The van der Waals surface area contributed by atoms with Gasteiger partial charge in [0.05, 0.1) is 18.4 Å². The zero-order chi connectivity index (χ0) is 16.7. The predicted molar refractivity (Wildman–Crippen MR) is 65.6 cm³/mol. The fraction of sp³-hybridized carbons (Fsp3) is 0.769. The fourth-order valence-electron chi connectivity index (χ4n) is 2.75. The molecule has 0 radical (unpaired) electrons. The number of hydrogen-bond acceptors (Lipinski definition) is 4. The van der Waals surface area contributed by atoms with E-state index < -0.39 is 54.4 Å². The smallest absolute Gasteiger partial charge is 0.394 e. The summed E-state index contributed by atoms with van der Waals surface area (Å²) in [5.41, 5.74) is -1.42. The van der Waals surface area contributed by atoms with Gasteiger partial charge in [0.1, 0.15) is 5.41 Å². The maximum Gasteiger partial charge on any atom is 0.394 e. The Balaban J connectivity index is 2.16. The minimum absolute atomic E-state index is 0.0663. The average Bonchev–Trinajstić information content (AvgIpc) is 3.08. The van der Waals surface area contributed by atoms with Gasteiger partial charge in [-0.2, -0.15) is 13.2 Å². The summed E-state index contributed by atoms with van der Waals surface area (Å²) in [5.74, 6) is -6.93. The molecular formula is C13H16F3NO5. The number of esters is 1. The van der Waals surface area contributed by atoms with Crippen molar-refractivity contribution in [3.63, 3.8) is 0 Å². The highest BCUT2D eigenvalue weighted by Crippen LogP contribution is 2.50. The summed E-state index contributed by atoms with van der Waals surface area (Å²) < 4.78 is 43.5. The maximum atomic E-state index is 12.9. The topological polar surface area (TPSA) is 83.9 Å². The maximum absolute atomic E-state index is 12.9. The summed E-state index contributed by atoms with van der Waals surface area (Å²) in [4.78, 5) is 36.0. The number of alkyl halides is 3. The van der Waals surface area contributed by atoms with Crippen LogP contribution in [0.4, 0.5) is 13.2 Å². The zero-order valence-electron chi connectivity index (χ0n) is 11.9. The summed E-state index contributed by atoms with van der Waals surface area (Å²) >= 11 is 0. The van der Waals surface area contributed by atoms with Gasteiger partial charge in [-0.3, -0.25) is 14.4 Å². The molecule has 0 bridgehead atoms. The number of amides is 1. The van der Waals surface area contributed by atoms with Crippen molar-refractivity contribution < 1.29 is 37.4 Å². The van der Waals surface area contributed by atoms with Crippen LogP contribution < -0.4 is 0 Å². The Morgan fingerprint density at radius 2 is 1.86 bits per heavy atom. The molecule has 2 fully saturated rings. The Morgan fingerprint density at radius 3 is 2.23 bits per heavy atom. The molecule has 2 aliphatic rings. The van der Waals surface area contributed by atoms with Crippen molar-refractivity contribution >= 4 is 17.8 Å². The van der Waals surface area contributed by atoms with Crippen LogP contribution in [0, 0.1) is 17.3 Å². The number of halogens is 3. The second kappa shape index (κ2) is 5.44. The van der Waals surface area contributed by atoms with Gasteiger partial charge in [-0.15, -0.1) is 0 Å².